The van der Waals surface area contributed by atoms with Gasteiger partial charge in [-0.2, -0.15) is 0 Å². The van der Waals surface area contributed by atoms with Gasteiger partial charge in [-0.3, -0.25) is 14.4 Å². The standard InChI is InChI=1S/C20H19NO6S/c1-12(20(24)27-3)11-21(2)19(23)13-8-9-15-17(10-13)28(25,26)16-7-5-4-6-14(16)18(15)22/h4-10,12H,11H2,1-3H3. The van der Waals surface area contributed by atoms with Gasteiger partial charge in [0.25, 0.3) is 5.91 Å². The van der Waals surface area contributed by atoms with Crippen molar-refractivity contribution in [1.82, 2.24) is 4.90 Å². The van der Waals surface area contributed by atoms with Gasteiger partial charge in [0.1, 0.15) is 0 Å². The second kappa shape index (κ2) is 7.20. The van der Waals surface area contributed by atoms with Crippen molar-refractivity contribution >= 4 is 27.5 Å². The lowest BCUT2D eigenvalue weighted by molar-refractivity contribution is -0.145. The number of benzene rings is 2. The van der Waals surface area contributed by atoms with Gasteiger partial charge in [-0.05, 0) is 30.3 Å². The fraction of sp³-hybridized carbons (Fsp3) is 0.250. The van der Waals surface area contributed by atoms with Gasteiger partial charge in [0, 0.05) is 30.3 Å². The molecule has 0 saturated heterocycles. The van der Waals surface area contributed by atoms with Crippen molar-refractivity contribution in [2.24, 2.45) is 5.92 Å². The predicted molar refractivity (Wildman–Crippen MR) is 99.9 cm³/mol. The van der Waals surface area contributed by atoms with Crippen LogP contribution in [0.25, 0.3) is 0 Å². The van der Waals surface area contributed by atoms with Gasteiger partial charge < -0.3 is 9.64 Å². The highest BCUT2D eigenvalue weighted by atomic mass is 32.2. The van der Waals surface area contributed by atoms with E-state index in [1.165, 1.54) is 49.4 Å². The molecular weight excluding hydrogens is 382 g/mol. The van der Waals surface area contributed by atoms with E-state index in [0.717, 1.165) is 0 Å². The summed E-state index contributed by atoms with van der Waals surface area (Å²) in [7, 11) is -1.14. The zero-order chi connectivity index (χ0) is 20.6. The van der Waals surface area contributed by atoms with Gasteiger partial charge in [0.2, 0.25) is 9.84 Å². The van der Waals surface area contributed by atoms with Gasteiger partial charge in [-0.25, -0.2) is 8.42 Å². The lowest BCUT2D eigenvalue weighted by Crippen LogP contribution is -2.34. The van der Waals surface area contributed by atoms with Crippen LogP contribution in [0.15, 0.2) is 52.3 Å². The van der Waals surface area contributed by atoms with E-state index in [2.05, 4.69) is 4.74 Å². The number of methoxy groups -OCH3 is 1. The lowest BCUT2D eigenvalue weighted by Gasteiger charge is -2.22. The molecule has 28 heavy (non-hydrogen) atoms. The first-order valence-corrected chi connectivity index (χ1v) is 10.0. The van der Waals surface area contributed by atoms with Crippen LogP contribution >= 0.6 is 0 Å². The Morgan fingerprint density at radius 3 is 2.39 bits per heavy atom. The minimum absolute atomic E-state index is 0.0424. The summed E-state index contributed by atoms with van der Waals surface area (Å²) in [5.74, 6) is -1.84. The Labute approximate surface area is 162 Å². The van der Waals surface area contributed by atoms with Crippen LogP contribution < -0.4 is 0 Å². The van der Waals surface area contributed by atoms with Gasteiger partial charge in [-0.15, -0.1) is 0 Å². The Hall–Kier alpha value is -3.00. The first-order chi connectivity index (χ1) is 13.2. The summed E-state index contributed by atoms with van der Waals surface area (Å²) in [5.41, 5.74) is 0.285. The number of ketones is 1. The third-order valence-electron chi connectivity index (χ3n) is 4.68. The largest absolute Gasteiger partial charge is 0.469 e. The van der Waals surface area contributed by atoms with Crippen LogP contribution in [0, 0.1) is 5.92 Å². The highest BCUT2D eigenvalue weighted by Gasteiger charge is 2.35. The fourth-order valence-corrected chi connectivity index (χ4v) is 4.88. The molecule has 0 saturated carbocycles. The Kier molecular flexibility index (Phi) is 5.08. The number of amides is 1. The van der Waals surface area contributed by atoms with Gasteiger partial charge in [0.05, 0.1) is 22.8 Å². The van der Waals surface area contributed by atoms with Crippen molar-refractivity contribution in [2.45, 2.75) is 16.7 Å². The monoisotopic (exact) mass is 401 g/mol. The molecule has 1 aliphatic rings. The molecule has 7 nitrogen and oxygen atoms in total. The molecule has 1 heterocycles. The molecule has 0 N–H and O–H groups in total. The number of hydrogen-bond acceptors (Lipinski definition) is 6. The number of nitrogens with zero attached hydrogens (tertiary/aromatic N) is 1. The number of sulfone groups is 1. The SMILES string of the molecule is COC(=O)C(C)CN(C)C(=O)c1ccc2c(c1)S(=O)(=O)c1ccccc1C2=O. The van der Waals surface area contributed by atoms with Crippen molar-refractivity contribution < 1.29 is 27.5 Å². The highest BCUT2D eigenvalue weighted by molar-refractivity contribution is 7.91. The molecule has 0 bridgehead atoms. The Morgan fingerprint density at radius 2 is 1.71 bits per heavy atom. The number of fused-ring (bicyclic) bond motifs is 2. The fourth-order valence-electron chi connectivity index (χ4n) is 3.21. The average Bonchev–Trinajstić information content (AvgIpc) is 2.70. The van der Waals surface area contributed by atoms with Crippen molar-refractivity contribution in [3.8, 4) is 0 Å². The molecule has 2 aromatic rings. The maximum atomic E-state index is 13.0. The molecule has 1 atom stereocenters. The molecule has 8 heteroatoms. The maximum absolute atomic E-state index is 13.0. The van der Waals surface area contributed by atoms with Crippen LogP contribution in [-0.4, -0.2) is 51.7 Å². The number of esters is 1. The zero-order valence-electron chi connectivity index (χ0n) is 15.6. The molecular formula is C20H19NO6S. The van der Waals surface area contributed by atoms with E-state index in [9.17, 15) is 22.8 Å². The molecule has 1 unspecified atom stereocenters. The number of hydrogen-bond donors (Lipinski definition) is 0. The van der Waals surface area contributed by atoms with E-state index in [-0.39, 0.29) is 33.0 Å². The van der Waals surface area contributed by atoms with Crippen molar-refractivity contribution in [2.75, 3.05) is 20.7 Å². The quantitative estimate of drug-likeness (QED) is 0.620. The van der Waals surface area contributed by atoms with Crippen LogP contribution in [0.1, 0.15) is 33.2 Å². The molecule has 1 aliphatic heterocycles. The summed E-state index contributed by atoms with van der Waals surface area (Å²) in [5, 5.41) is 0. The third kappa shape index (κ3) is 3.20. The summed E-state index contributed by atoms with van der Waals surface area (Å²) < 4.78 is 30.6. The third-order valence-corrected chi connectivity index (χ3v) is 6.53. The smallest absolute Gasteiger partial charge is 0.310 e. The Bertz CT molecular complexity index is 1090. The predicted octanol–water partition coefficient (Wildman–Crippen LogP) is 1.94. The molecule has 2 aromatic carbocycles. The second-order valence-electron chi connectivity index (χ2n) is 6.65. The van der Waals surface area contributed by atoms with Crippen molar-refractivity contribution in [3.05, 3.63) is 59.2 Å². The summed E-state index contributed by atoms with van der Waals surface area (Å²) in [6.45, 7) is 1.74. The Balaban J connectivity index is 1.98. The van der Waals surface area contributed by atoms with Crippen molar-refractivity contribution in [3.63, 3.8) is 0 Å². The number of rotatable bonds is 4. The topological polar surface area (TPSA) is 97.8 Å². The zero-order valence-corrected chi connectivity index (χ0v) is 16.4. The van der Waals surface area contributed by atoms with Crippen LogP contribution in [-0.2, 0) is 19.4 Å². The normalized spacial score (nSPS) is 15.2. The second-order valence-corrected chi connectivity index (χ2v) is 8.54. The first kappa shape index (κ1) is 19.8. The first-order valence-electron chi connectivity index (χ1n) is 8.54. The number of carbonyl (C=O) groups is 3. The molecule has 3 rings (SSSR count). The van der Waals surface area contributed by atoms with Crippen LogP contribution in [0.2, 0.25) is 0 Å². The van der Waals surface area contributed by atoms with E-state index in [1.807, 2.05) is 0 Å². The van der Waals surface area contributed by atoms with E-state index in [0.29, 0.717) is 0 Å². The highest BCUT2D eigenvalue weighted by Crippen LogP contribution is 2.34. The van der Waals surface area contributed by atoms with Gasteiger partial charge >= 0.3 is 5.97 Å². The van der Waals surface area contributed by atoms with E-state index in [1.54, 1.807) is 19.1 Å². The molecule has 0 fully saturated rings. The van der Waals surface area contributed by atoms with Crippen LogP contribution in [0.5, 0.6) is 0 Å². The molecule has 146 valence electrons. The molecule has 0 aliphatic carbocycles. The van der Waals surface area contributed by atoms with E-state index < -0.39 is 33.4 Å². The number of ether oxygens (including phenoxy) is 1. The molecule has 1 amide bonds. The van der Waals surface area contributed by atoms with Gasteiger partial charge in [-0.1, -0.05) is 19.1 Å². The number of carbonyl (C=O) groups excluding carboxylic acids is 3. The Morgan fingerprint density at radius 1 is 1.07 bits per heavy atom. The summed E-state index contributed by atoms with van der Waals surface area (Å²) in [6, 6.07) is 10.00. The minimum atomic E-state index is -3.92. The average molecular weight is 401 g/mol. The lowest BCUT2D eigenvalue weighted by atomic mass is 10.0. The summed E-state index contributed by atoms with van der Waals surface area (Å²) in [6.07, 6.45) is 0. The van der Waals surface area contributed by atoms with E-state index >= 15 is 0 Å². The van der Waals surface area contributed by atoms with E-state index in [4.69, 9.17) is 0 Å². The molecule has 0 radical (unpaired) electrons. The minimum Gasteiger partial charge on any atom is -0.469 e. The maximum Gasteiger partial charge on any atom is 0.310 e. The van der Waals surface area contributed by atoms with Crippen LogP contribution in [0.3, 0.4) is 0 Å². The van der Waals surface area contributed by atoms with Crippen LogP contribution in [0.4, 0.5) is 0 Å². The molecule has 0 aromatic heterocycles. The molecule has 0 spiro atoms. The van der Waals surface area contributed by atoms with Crippen molar-refractivity contribution in [1.29, 1.82) is 0 Å². The summed E-state index contributed by atoms with van der Waals surface area (Å²) in [4.78, 5) is 38.0. The van der Waals surface area contributed by atoms with Gasteiger partial charge in [0.15, 0.2) is 5.78 Å². The summed E-state index contributed by atoms with van der Waals surface area (Å²) >= 11 is 0.